The van der Waals surface area contributed by atoms with Gasteiger partial charge in [0.2, 0.25) is 0 Å². The topological polar surface area (TPSA) is 58.6 Å². The lowest BCUT2D eigenvalue weighted by Gasteiger charge is -2.14. The van der Waals surface area contributed by atoms with E-state index in [2.05, 4.69) is 21.2 Å². The molecule has 2 N–H and O–H groups in total. The first kappa shape index (κ1) is 14.0. The first-order chi connectivity index (χ1) is 8.04. The SMILES string of the molecule is CCOC(C)CNc1ccc(C(=O)O)c(Br)c1. The van der Waals surface area contributed by atoms with Gasteiger partial charge in [0.25, 0.3) is 0 Å². The van der Waals surface area contributed by atoms with Gasteiger partial charge in [-0.1, -0.05) is 0 Å². The number of aromatic carboxylic acids is 1. The molecule has 0 saturated heterocycles. The van der Waals surface area contributed by atoms with Crippen LogP contribution >= 0.6 is 15.9 Å². The zero-order chi connectivity index (χ0) is 12.8. The maximum atomic E-state index is 10.8. The van der Waals surface area contributed by atoms with Gasteiger partial charge in [0.15, 0.2) is 0 Å². The van der Waals surface area contributed by atoms with Crippen LogP contribution in [0.5, 0.6) is 0 Å². The Bertz CT molecular complexity index is 395. The average Bonchev–Trinajstić information content (AvgIpc) is 2.26. The second-order valence-corrected chi connectivity index (χ2v) is 4.50. The van der Waals surface area contributed by atoms with E-state index in [9.17, 15) is 4.79 Å². The molecule has 0 saturated carbocycles. The van der Waals surface area contributed by atoms with Gasteiger partial charge in [0.1, 0.15) is 0 Å². The van der Waals surface area contributed by atoms with Crippen molar-refractivity contribution in [3.8, 4) is 0 Å². The number of ether oxygens (including phenoxy) is 1. The Balaban J connectivity index is 2.62. The summed E-state index contributed by atoms with van der Waals surface area (Å²) in [6.07, 6.45) is 0.123. The average molecular weight is 302 g/mol. The maximum Gasteiger partial charge on any atom is 0.336 e. The van der Waals surface area contributed by atoms with Crippen molar-refractivity contribution in [1.29, 1.82) is 0 Å². The summed E-state index contributed by atoms with van der Waals surface area (Å²) in [5, 5.41) is 12.1. The summed E-state index contributed by atoms with van der Waals surface area (Å²) in [6.45, 7) is 5.31. The largest absolute Gasteiger partial charge is 0.478 e. The van der Waals surface area contributed by atoms with E-state index in [4.69, 9.17) is 9.84 Å². The highest BCUT2D eigenvalue weighted by Crippen LogP contribution is 2.21. The van der Waals surface area contributed by atoms with Gasteiger partial charge < -0.3 is 15.2 Å². The predicted octanol–water partition coefficient (Wildman–Crippen LogP) is 2.98. The molecule has 0 fully saturated rings. The molecule has 0 aliphatic carbocycles. The van der Waals surface area contributed by atoms with Crippen LogP contribution in [0, 0.1) is 0 Å². The van der Waals surface area contributed by atoms with Gasteiger partial charge in [0, 0.05) is 23.3 Å². The molecule has 0 aliphatic rings. The zero-order valence-corrected chi connectivity index (χ0v) is 11.5. The van der Waals surface area contributed by atoms with Crippen molar-refractivity contribution in [2.75, 3.05) is 18.5 Å². The number of nitrogens with one attached hydrogen (secondary N) is 1. The fourth-order valence-electron chi connectivity index (χ4n) is 1.40. The molecule has 1 rings (SSSR count). The van der Waals surface area contributed by atoms with E-state index in [0.717, 1.165) is 5.69 Å². The molecule has 0 aliphatic heterocycles. The van der Waals surface area contributed by atoms with Crippen molar-refractivity contribution in [3.05, 3.63) is 28.2 Å². The molecular formula is C12H16BrNO3. The van der Waals surface area contributed by atoms with Crippen molar-refractivity contribution in [3.63, 3.8) is 0 Å². The van der Waals surface area contributed by atoms with E-state index in [1.165, 1.54) is 0 Å². The summed E-state index contributed by atoms with van der Waals surface area (Å²) in [4.78, 5) is 10.8. The van der Waals surface area contributed by atoms with Crippen LogP contribution in [-0.4, -0.2) is 30.3 Å². The molecule has 1 aromatic rings. The van der Waals surface area contributed by atoms with E-state index in [1.54, 1.807) is 18.2 Å². The lowest BCUT2D eigenvalue weighted by atomic mass is 10.2. The number of hydrogen-bond acceptors (Lipinski definition) is 3. The van der Waals surface area contributed by atoms with Crippen LogP contribution in [0.3, 0.4) is 0 Å². The van der Waals surface area contributed by atoms with Gasteiger partial charge in [-0.25, -0.2) is 4.79 Å². The number of halogens is 1. The van der Waals surface area contributed by atoms with E-state index >= 15 is 0 Å². The molecule has 1 atom stereocenters. The summed E-state index contributed by atoms with van der Waals surface area (Å²) < 4.78 is 5.96. The lowest BCUT2D eigenvalue weighted by molar-refractivity contribution is 0.0695. The molecule has 0 heterocycles. The predicted molar refractivity (Wildman–Crippen MR) is 70.7 cm³/mol. The third kappa shape index (κ3) is 4.36. The summed E-state index contributed by atoms with van der Waals surface area (Å²) >= 11 is 3.23. The van der Waals surface area contributed by atoms with Gasteiger partial charge in [-0.15, -0.1) is 0 Å². The third-order valence-electron chi connectivity index (χ3n) is 2.24. The van der Waals surface area contributed by atoms with Gasteiger partial charge in [0.05, 0.1) is 11.7 Å². The molecule has 4 nitrogen and oxygen atoms in total. The first-order valence-corrected chi connectivity index (χ1v) is 6.22. The molecule has 0 radical (unpaired) electrons. The lowest BCUT2D eigenvalue weighted by Crippen LogP contribution is -2.19. The van der Waals surface area contributed by atoms with Crippen LogP contribution in [0.25, 0.3) is 0 Å². The fraction of sp³-hybridized carbons (Fsp3) is 0.417. The molecular weight excluding hydrogens is 286 g/mol. The number of hydrogen-bond donors (Lipinski definition) is 2. The van der Waals surface area contributed by atoms with Crippen LogP contribution in [0.1, 0.15) is 24.2 Å². The van der Waals surface area contributed by atoms with Crippen LogP contribution in [-0.2, 0) is 4.74 Å². The Hall–Kier alpha value is -1.07. The Morgan fingerprint density at radius 2 is 2.29 bits per heavy atom. The van der Waals surface area contributed by atoms with Gasteiger partial charge in [-0.05, 0) is 48.0 Å². The molecule has 1 unspecified atom stereocenters. The number of rotatable bonds is 6. The molecule has 5 heteroatoms. The Morgan fingerprint density at radius 3 is 2.82 bits per heavy atom. The number of anilines is 1. The fourth-order valence-corrected chi connectivity index (χ4v) is 1.95. The summed E-state index contributed by atoms with van der Waals surface area (Å²) in [5.41, 5.74) is 1.13. The second kappa shape index (κ2) is 6.61. The molecule has 94 valence electrons. The summed E-state index contributed by atoms with van der Waals surface area (Å²) in [5.74, 6) is -0.939. The highest BCUT2D eigenvalue weighted by Gasteiger charge is 2.08. The first-order valence-electron chi connectivity index (χ1n) is 5.43. The number of carboxylic acid groups (broad SMARTS) is 1. The minimum absolute atomic E-state index is 0.123. The highest BCUT2D eigenvalue weighted by atomic mass is 79.9. The van der Waals surface area contributed by atoms with Crippen molar-refractivity contribution < 1.29 is 14.6 Å². The smallest absolute Gasteiger partial charge is 0.336 e. The van der Waals surface area contributed by atoms with Crippen LogP contribution in [0.2, 0.25) is 0 Å². The Morgan fingerprint density at radius 1 is 1.59 bits per heavy atom. The Labute approximate surface area is 109 Å². The zero-order valence-electron chi connectivity index (χ0n) is 9.87. The van der Waals surface area contributed by atoms with Crippen molar-refractivity contribution in [2.45, 2.75) is 20.0 Å². The Kier molecular flexibility index (Phi) is 5.44. The van der Waals surface area contributed by atoms with Crippen molar-refractivity contribution >= 4 is 27.6 Å². The van der Waals surface area contributed by atoms with Crippen LogP contribution in [0.4, 0.5) is 5.69 Å². The second-order valence-electron chi connectivity index (χ2n) is 3.65. The highest BCUT2D eigenvalue weighted by molar-refractivity contribution is 9.10. The number of carbonyl (C=O) groups is 1. The van der Waals surface area contributed by atoms with E-state index < -0.39 is 5.97 Å². The van der Waals surface area contributed by atoms with Crippen LogP contribution in [0.15, 0.2) is 22.7 Å². The molecule has 0 spiro atoms. The molecule has 0 amide bonds. The third-order valence-corrected chi connectivity index (χ3v) is 2.90. The van der Waals surface area contributed by atoms with Crippen LogP contribution < -0.4 is 5.32 Å². The quantitative estimate of drug-likeness (QED) is 0.848. The molecule has 0 bridgehead atoms. The minimum Gasteiger partial charge on any atom is -0.478 e. The molecule has 1 aromatic carbocycles. The van der Waals surface area contributed by atoms with E-state index in [0.29, 0.717) is 17.6 Å². The molecule has 17 heavy (non-hydrogen) atoms. The van der Waals surface area contributed by atoms with Crippen molar-refractivity contribution in [2.24, 2.45) is 0 Å². The standard InChI is InChI=1S/C12H16BrNO3/c1-3-17-8(2)7-14-9-4-5-10(12(15)16)11(13)6-9/h4-6,8,14H,3,7H2,1-2H3,(H,15,16). The summed E-state index contributed by atoms with van der Waals surface area (Å²) in [7, 11) is 0. The minimum atomic E-state index is -0.939. The maximum absolute atomic E-state index is 10.8. The monoisotopic (exact) mass is 301 g/mol. The molecule has 0 aromatic heterocycles. The number of carboxylic acids is 1. The van der Waals surface area contributed by atoms with Gasteiger partial charge >= 0.3 is 5.97 Å². The number of benzene rings is 1. The van der Waals surface area contributed by atoms with Gasteiger partial charge in [-0.3, -0.25) is 0 Å². The van der Waals surface area contributed by atoms with E-state index in [-0.39, 0.29) is 11.7 Å². The normalized spacial score (nSPS) is 12.2. The van der Waals surface area contributed by atoms with E-state index in [1.807, 2.05) is 13.8 Å². The van der Waals surface area contributed by atoms with Gasteiger partial charge in [-0.2, -0.15) is 0 Å². The summed E-state index contributed by atoms with van der Waals surface area (Å²) in [6, 6.07) is 5.06. The van der Waals surface area contributed by atoms with Crippen molar-refractivity contribution in [1.82, 2.24) is 0 Å².